The van der Waals surface area contributed by atoms with Gasteiger partial charge in [-0.1, -0.05) is 54.9 Å². The number of nitrogens with zero attached hydrogens (tertiary/aromatic N) is 1. The van der Waals surface area contributed by atoms with Crippen LogP contribution in [0.2, 0.25) is 0 Å². The molecule has 1 atom stereocenters. The Hall–Kier alpha value is -0.830. The molecule has 0 bridgehead atoms. The van der Waals surface area contributed by atoms with Crippen LogP contribution in [0.4, 0.5) is 5.69 Å². The zero-order valence-electron chi connectivity index (χ0n) is 10.7. The Morgan fingerprint density at radius 1 is 1.29 bits per heavy atom. The smallest absolute Gasteiger partial charge is 0.194 e. The van der Waals surface area contributed by atoms with Gasteiger partial charge in [-0.2, -0.15) is 0 Å². The second-order valence-corrected chi connectivity index (χ2v) is 6.21. The van der Waals surface area contributed by atoms with Gasteiger partial charge in [-0.15, -0.1) is 0 Å². The summed E-state index contributed by atoms with van der Waals surface area (Å²) in [5.41, 5.74) is 1.76. The number of ether oxygens (including phenoxy) is 1. The maximum Gasteiger partial charge on any atom is 0.194 e. The summed E-state index contributed by atoms with van der Waals surface area (Å²) in [7, 11) is 0. The van der Waals surface area contributed by atoms with E-state index in [9.17, 15) is 0 Å². The molecule has 3 heteroatoms. The van der Waals surface area contributed by atoms with Crippen LogP contribution in [0.3, 0.4) is 0 Å². The Labute approximate surface area is 111 Å². The van der Waals surface area contributed by atoms with Crippen LogP contribution in [0, 0.1) is 5.41 Å². The summed E-state index contributed by atoms with van der Waals surface area (Å²) >= 11 is 3.55. The van der Waals surface area contributed by atoms with E-state index in [1.807, 2.05) is 18.2 Å². The molecule has 1 aliphatic rings. The number of hydrogen-bond acceptors (Lipinski definition) is 2. The van der Waals surface area contributed by atoms with Crippen molar-refractivity contribution >= 4 is 27.5 Å². The quantitative estimate of drug-likeness (QED) is 0.704. The minimum Gasteiger partial charge on any atom is -0.468 e. The fourth-order valence-corrected chi connectivity index (χ4v) is 2.26. The Morgan fingerprint density at radius 2 is 1.94 bits per heavy atom. The first kappa shape index (κ1) is 12.6. The summed E-state index contributed by atoms with van der Waals surface area (Å²) in [6.45, 7) is 8.46. The van der Waals surface area contributed by atoms with Crippen molar-refractivity contribution in [2.24, 2.45) is 10.4 Å². The van der Waals surface area contributed by atoms with Crippen molar-refractivity contribution in [2.45, 2.75) is 33.3 Å². The largest absolute Gasteiger partial charge is 0.468 e. The monoisotopic (exact) mass is 295 g/mol. The Balaban J connectivity index is 2.57. The fourth-order valence-electron chi connectivity index (χ4n) is 1.84. The van der Waals surface area contributed by atoms with E-state index in [-0.39, 0.29) is 11.0 Å². The highest BCUT2D eigenvalue weighted by molar-refractivity contribution is 9.09. The van der Waals surface area contributed by atoms with Crippen molar-refractivity contribution in [2.75, 3.05) is 5.33 Å². The molecule has 2 rings (SSSR count). The predicted octanol–water partition coefficient (Wildman–Crippen LogP) is 4.40. The molecule has 0 fully saturated rings. The van der Waals surface area contributed by atoms with E-state index in [1.165, 1.54) is 0 Å². The average Bonchev–Trinajstić information content (AvgIpc) is 2.28. The van der Waals surface area contributed by atoms with Crippen LogP contribution in [-0.2, 0) is 10.3 Å². The summed E-state index contributed by atoms with van der Waals surface area (Å²) in [6, 6.07) is 8.17. The minimum atomic E-state index is -0.332. The van der Waals surface area contributed by atoms with Crippen molar-refractivity contribution in [3.8, 4) is 0 Å². The van der Waals surface area contributed by atoms with Crippen molar-refractivity contribution in [3.05, 3.63) is 29.8 Å². The fraction of sp³-hybridized carbons (Fsp3) is 0.500. The van der Waals surface area contributed by atoms with Crippen LogP contribution in [-0.4, -0.2) is 11.2 Å². The number of para-hydroxylation sites is 1. The molecule has 0 saturated heterocycles. The van der Waals surface area contributed by atoms with E-state index in [1.54, 1.807) is 0 Å². The van der Waals surface area contributed by atoms with Gasteiger partial charge in [0.05, 0.1) is 5.69 Å². The minimum absolute atomic E-state index is 0.0725. The number of alkyl halides is 1. The summed E-state index contributed by atoms with van der Waals surface area (Å²) in [6.07, 6.45) is 0. The lowest BCUT2D eigenvalue weighted by molar-refractivity contribution is 0.0793. The Kier molecular flexibility index (Phi) is 3.06. The zero-order valence-corrected chi connectivity index (χ0v) is 12.3. The molecule has 0 saturated carbocycles. The molecule has 0 unspecified atom stereocenters. The Bertz CT molecular complexity index is 462. The van der Waals surface area contributed by atoms with Crippen molar-refractivity contribution < 1.29 is 4.74 Å². The molecule has 1 aromatic carbocycles. The van der Waals surface area contributed by atoms with E-state index in [2.05, 4.69) is 54.7 Å². The normalized spacial score (nSPS) is 23.7. The van der Waals surface area contributed by atoms with Crippen LogP contribution < -0.4 is 0 Å². The molecule has 0 spiro atoms. The molecule has 0 aromatic heterocycles. The van der Waals surface area contributed by atoms with Gasteiger partial charge in [0.2, 0.25) is 0 Å². The highest BCUT2D eigenvalue weighted by Gasteiger charge is 2.38. The third-order valence-corrected chi connectivity index (χ3v) is 3.98. The SMILES string of the molecule is CC(C)(C)C1=Nc2ccccc2[C@](C)(CBr)O1. The summed E-state index contributed by atoms with van der Waals surface area (Å²) in [4.78, 5) is 4.63. The van der Waals surface area contributed by atoms with Gasteiger partial charge in [0.15, 0.2) is 5.90 Å². The molecular formula is C14H18BrNO. The summed E-state index contributed by atoms with van der Waals surface area (Å²) < 4.78 is 6.12. The van der Waals surface area contributed by atoms with E-state index < -0.39 is 0 Å². The third kappa shape index (κ3) is 2.25. The van der Waals surface area contributed by atoms with Gasteiger partial charge in [0.1, 0.15) is 5.60 Å². The molecule has 1 heterocycles. The number of fused-ring (bicyclic) bond motifs is 1. The molecular weight excluding hydrogens is 278 g/mol. The molecule has 2 nitrogen and oxygen atoms in total. The topological polar surface area (TPSA) is 21.6 Å². The molecule has 92 valence electrons. The van der Waals surface area contributed by atoms with Gasteiger partial charge < -0.3 is 4.74 Å². The number of rotatable bonds is 1. The summed E-state index contributed by atoms with van der Waals surface area (Å²) in [5.74, 6) is 0.804. The van der Waals surface area contributed by atoms with Crippen LogP contribution in [0.15, 0.2) is 29.3 Å². The molecule has 1 aliphatic heterocycles. The van der Waals surface area contributed by atoms with E-state index in [0.717, 1.165) is 22.5 Å². The maximum absolute atomic E-state index is 6.12. The van der Waals surface area contributed by atoms with Gasteiger partial charge in [-0.05, 0) is 13.0 Å². The van der Waals surface area contributed by atoms with E-state index in [0.29, 0.717) is 0 Å². The molecule has 0 N–H and O–H groups in total. The third-order valence-electron chi connectivity index (χ3n) is 2.91. The second-order valence-electron chi connectivity index (χ2n) is 5.65. The van der Waals surface area contributed by atoms with Crippen LogP contribution in [0.1, 0.15) is 33.3 Å². The molecule has 0 radical (unpaired) electrons. The first-order valence-electron chi connectivity index (χ1n) is 5.80. The van der Waals surface area contributed by atoms with Gasteiger partial charge in [0.25, 0.3) is 0 Å². The standard InChI is InChI=1S/C14H18BrNO/c1-13(2,3)12-16-11-8-6-5-7-10(11)14(4,9-15)17-12/h5-8H,9H2,1-4H3/t14-/m0/s1. The van der Waals surface area contributed by atoms with Crippen molar-refractivity contribution in [1.82, 2.24) is 0 Å². The first-order valence-corrected chi connectivity index (χ1v) is 6.93. The number of hydrogen-bond donors (Lipinski definition) is 0. The average molecular weight is 296 g/mol. The predicted molar refractivity (Wildman–Crippen MR) is 75.2 cm³/mol. The van der Waals surface area contributed by atoms with Crippen LogP contribution >= 0.6 is 15.9 Å². The highest BCUT2D eigenvalue weighted by atomic mass is 79.9. The zero-order chi connectivity index (χ0) is 12.7. The molecule has 17 heavy (non-hydrogen) atoms. The van der Waals surface area contributed by atoms with Gasteiger partial charge >= 0.3 is 0 Å². The van der Waals surface area contributed by atoms with Crippen LogP contribution in [0.5, 0.6) is 0 Å². The number of halogens is 1. The lowest BCUT2D eigenvalue weighted by Crippen LogP contribution is -2.38. The van der Waals surface area contributed by atoms with E-state index >= 15 is 0 Å². The maximum atomic E-state index is 6.12. The van der Waals surface area contributed by atoms with Gasteiger partial charge in [-0.25, -0.2) is 4.99 Å². The first-order chi connectivity index (χ1) is 7.87. The van der Waals surface area contributed by atoms with Crippen LogP contribution in [0.25, 0.3) is 0 Å². The lowest BCUT2D eigenvalue weighted by atomic mass is 9.90. The Morgan fingerprint density at radius 3 is 2.53 bits per heavy atom. The molecule has 1 aromatic rings. The number of benzene rings is 1. The van der Waals surface area contributed by atoms with Crippen molar-refractivity contribution in [1.29, 1.82) is 0 Å². The molecule has 0 aliphatic carbocycles. The highest BCUT2D eigenvalue weighted by Crippen LogP contribution is 2.41. The second kappa shape index (κ2) is 4.13. The van der Waals surface area contributed by atoms with E-state index in [4.69, 9.17) is 4.74 Å². The van der Waals surface area contributed by atoms with Crippen molar-refractivity contribution in [3.63, 3.8) is 0 Å². The lowest BCUT2D eigenvalue weighted by Gasteiger charge is -2.38. The summed E-state index contributed by atoms with van der Waals surface area (Å²) in [5, 5.41) is 0.756. The molecule has 0 amide bonds. The van der Waals surface area contributed by atoms with Gasteiger partial charge in [0, 0.05) is 16.3 Å². The number of aliphatic imine (C=N–C) groups is 1. The van der Waals surface area contributed by atoms with Gasteiger partial charge in [-0.3, -0.25) is 0 Å².